The van der Waals surface area contributed by atoms with Crippen LogP contribution in [-0.2, 0) is 17.8 Å². The van der Waals surface area contributed by atoms with E-state index in [9.17, 15) is 14.7 Å². The SMILES string of the molecule is CCc1cc(-c2ccccc2OC(C)C)ccc1C(=O)N(CC(=O)O)Cc1ccccc1Br. The van der Waals surface area contributed by atoms with Gasteiger partial charge in [0, 0.05) is 22.1 Å². The van der Waals surface area contributed by atoms with Crippen molar-refractivity contribution in [2.24, 2.45) is 0 Å². The van der Waals surface area contributed by atoms with Crippen LogP contribution in [0.2, 0.25) is 0 Å². The zero-order chi connectivity index (χ0) is 24.0. The van der Waals surface area contributed by atoms with Gasteiger partial charge in [-0.2, -0.15) is 0 Å². The Morgan fingerprint density at radius 1 is 1.00 bits per heavy atom. The van der Waals surface area contributed by atoms with E-state index in [0.29, 0.717) is 12.0 Å². The van der Waals surface area contributed by atoms with Gasteiger partial charge in [-0.05, 0) is 55.2 Å². The summed E-state index contributed by atoms with van der Waals surface area (Å²) >= 11 is 3.49. The molecule has 0 aromatic heterocycles. The number of ether oxygens (including phenoxy) is 1. The van der Waals surface area contributed by atoms with Gasteiger partial charge in [-0.1, -0.05) is 71.4 Å². The van der Waals surface area contributed by atoms with Gasteiger partial charge in [-0.25, -0.2) is 0 Å². The van der Waals surface area contributed by atoms with Crippen LogP contribution in [0.25, 0.3) is 11.1 Å². The molecule has 0 aliphatic carbocycles. The predicted octanol–water partition coefficient (Wildman–Crippen LogP) is 6.19. The number of nitrogens with zero attached hydrogens (tertiary/aromatic N) is 1. The minimum Gasteiger partial charge on any atom is -0.490 e. The predicted molar refractivity (Wildman–Crippen MR) is 134 cm³/mol. The molecule has 0 atom stereocenters. The van der Waals surface area contributed by atoms with Crippen molar-refractivity contribution in [3.8, 4) is 16.9 Å². The number of aryl methyl sites for hydroxylation is 1. The maximum Gasteiger partial charge on any atom is 0.323 e. The second-order valence-electron chi connectivity index (χ2n) is 8.03. The third-order valence-electron chi connectivity index (χ3n) is 5.21. The fraction of sp³-hybridized carbons (Fsp3) is 0.259. The van der Waals surface area contributed by atoms with Gasteiger partial charge in [0.2, 0.25) is 0 Å². The summed E-state index contributed by atoms with van der Waals surface area (Å²) in [5.41, 5.74) is 4.13. The van der Waals surface area contributed by atoms with Crippen LogP contribution in [0.4, 0.5) is 0 Å². The number of aliphatic carboxylic acids is 1. The third-order valence-corrected chi connectivity index (χ3v) is 5.98. The van der Waals surface area contributed by atoms with Crippen LogP contribution < -0.4 is 4.74 Å². The topological polar surface area (TPSA) is 66.8 Å². The Morgan fingerprint density at radius 3 is 2.36 bits per heavy atom. The molecule has 0 fully saturated rings. The minimum absolute atomic E-state index is 0.0412. The maximum atomic E-state index is 13.5. The molecule has 33 heavy (non-hydrogen) atoms. The number of carbonyl (C=O) groups excluding carboxylic acids is 1. The molecule has 0 heterocycles. The number of hydrogen-bond acceptors (Lipinski definition) is 3. The summed E-state index contributed by atoms with van der Waals surface area (Å²) < 4.78 is 6.80. The summed E-state index contributed by atoms with van der Waals surface area (Å²) in [4.78, 5) is 26.3. The highest BCUT2D eigenvalue weighted by molar-refractivity contribution is 9.10. The van der Waals surface area contributed by atoms with E-state index in [-0.39, 0.29) is 25.1 Å². The van der Waals surface area contributed by atoms with Gasteiger partial charge in [0.25, 0.3) is 5.91 Å². The Labute approximate surface area is 203 Å². The van der Waals surface area contributed by atoms with E-state index in [1.165, 1.54) is 4.90 Å². The third kappa shape index (κ3) is 6.23. The van der Waals surface area contributed by atoms with E-state index in [0.717, 1.165) is 32.5 Å². The minimum atomic E-state index is -1.05. The molecule has 1 amide bonds. The van der Waals surface area contributed by atoms with E-state index < -0.39 is 5.97 Å². The first-order valence-corrected chi connectivity index (χ1v) is 11.7. The van der Waals surface area contributed by atoms with Gasteiger partial charge in [0.05, 0.1) is 6.10 Å². The van der Waals surface area contributed by atoms with E-state index >= 15 is 0 Å². The number of benzene rings is 3. The van der Waals surface area contributed by atoms with E-state index in [1.807, 2.05) is 81.4 Å². The molecule has 3 aromatic rings. The molecule has 5 nitrogen and oxygen atoms in total. The molecule has 0 aliphatic heterocycles. The second kappa shape index (κ2) is 11.1. The molecule has 3 aromatic carbocycles. The molecule has 172 valence electrons. The molecule has 0 radical (unpaired) electrons. The first kappa shape index (κ1) is 24.5. The highest BCUT2D eigenvalue weighted by atomic mass is 79.9. The quantitative estimate of drug-likeness (QED) is 0.373. The Morgan fingerprint density at radius 2 is 1.70 bits per heavy atom. The van der Waals surface area contributed by atoms with Crippen molar-refractivity contribution in [2.45, 2.75) is 39.8 Å². The van der Waals surface area contributed by atoms with Crippen molar-refractivity contribution >= 4 is 27.8 Å². The lowest BCUT2D eigenvalue weighted by Crippen LogP contribution is -2.35. The van der Waals surface area contributed by atoms with Crippen molar-refractivity contribution in [3.63, 3.8) is 0 Å². The zero-order valence-corrected chi connectivity index (χ0v) is 20.6. The average molecular weight is 510 g/mol. The average Bonchev–Trinajstić information content (AvgIpc) is 2.79. The highest BCUT2D eigenvalue weighted by Gasteiger charge is 2.22. The summed E-state index contributed by atoms with van der Waals surface area (Å²) in [6.07, 6.45) is 0.678. The largest absolute Gasteiger partial charge is 0.490 e. The number of carbonyl (C=O) groups is 2. The number of para-hydroxylation sites is 1. The Balaban J connectivity index is 1.97. The summed E-state index contributed by atoms with van der Waals surface area (Å²) in [6, 6.07) is 21.0. The van der Waals surface area contributed by atoms with Crippen LogP contribution in [0.1, 0.15) is 42.3 Å². The van der Waals surface area contributed by atoms with Crippen LogP contribution in [0.3, 0.4) is 0 Å². The molecule has 3 rings (SSSR count). The van der Waals surface area contributed by atoms with Gasteiger partial charge in [-0.3, -0.25) is 9.59 Å². The molecule has 0 saturated heterocycles. The summed E-state index contributed by atoms with van der Waals surface area (Å²) in [6.45, 7) is 5.77. The van der Waals surface area contributed by atoms with Crippen molar-refractivity contribution in [1.82, 2.24) is 4.90 Å². The standard InChI is InChI=1S/C27H28BrNO4/c1-4-19-15-20(22-10-6-8-12-25(22)33-18(2)3)13-14-23(19)27(32)29(17-26(30)31)16-21-9-5-7-11-24(21)28/h5-15,18H,4,16-17H2,1-3H3,(H,30,31). The molecule has 0 bridgehead atoms. The highest BCUT2D eigenvalue weighted by Crippen LogP contribution is 2.32. The van der Waals surface area contributed by atoms with Crippen LogP contribution in [0.5, 0.6) is 5.75 Å². The molecule has 0 aliphatic rings. The first-order chi connectivity index (χ1) is 15.8. The number of halogens is 1. The zero-order valence-electron chi connectivity index (χ0n) is 19.0. The fourth-order valence-electron chi connectivity index (χ4n) is 3.69. The monoisotopic (exact) mass is 509 g/mol. The van der Waals surface area contributed by atoms with Gasteiger partial charge >= 0.3 is 5.97 Å². The normalized spacial score (nSPS) is 10.8. The van der Waals surface area contributed by atoms with Gasteiger partial charge < -0.3 is 14.7 Å². The number of carboxylic acids is 1. The second-order valence-corrected chi connectivity index (χ2v) is 8.89. The summed E-state index contributed by atoms with van der Waals surface area (Å²) in [5, 5.41) is 9.43. The van der Waals surface area contributed by atoms with Crippen LogP contribution >= 0.6 is 15.9 Å². The molecule has 0 spiro atoms. The first-order valence-electron chi connectivity index (χ1n) is 10.9. The number of amides is 1. The molecule has 6 heteroatoms. The van der Waals surface area contributed by atoms with Gasteiger partial charge in [0.15, 0.2) is 0 Å². The van der Waals surface area contributed by atoms with Crippen LogP contribution in [-0.4, -0.2) is 34.5 Å². The van der Waals surface area contributed by atoms with Crippen LogP contribution in [0.15, 0.2) is 71.2 Å². The lowest BCUT2D eigenvalue weighted by atomic mass is 9.96. The Kier molecular flexibility index (Phi) is 8.28. The Bertz CT molecular complexity index is 1140. The van der Waals surface area contributed by atoms with Crippen molar-refractivity contribution < 1.29 is 19.4 Å². The molecule has 1 N–H and O–H groups in total. The number of rotatable bonds is 9. The van der Waals surface area contributed by atoms with E-state index in [2.05, 4.69) is 15.9 Å². The summed E-state index contributed by atoms with van der Waals surface area (Å²) in [7, 11) is 0. The fourth-order valence-corrected chi connectivity index (χ4v) is 4.10. The summed E-state index contributed by atoms with van der Waals surface area (Å²) in [5.74, 6) is -0.567. The van der Waals surface area contributed by atoms with Crippen LogP contribution in [0, 0.1) is 0 Å². The molecular weight excluding hydrogens is 482 g/mol. The van der Waals surface area contributed by atoms with Gasteiger partial charge in [-0.15, -0.1) is 0 Å². The van der Waals surface area contributed by atoms with Crippen molar-refractivity contribution in [3.05, 3.63) is 87.9 Å². The lowest BCUT2D eigenvalue weighted by molar-refractivity contribution is -0.137. The van der Waals surface area contributed by atoms with Crippen molar-refractivity contribution in [1.29, 1.82) is 0 Å². The Hall–Kier alpha value is -3.12. The lowest BCUT2D eigenvalue weighted by Gasteiger charge is -2.23. The van der Waals surface area contributed by atoms with Gasteiger partial charge in [0.1, 0.15) is 12.3 Å². The van der Waals surface area contributed by atoms with Crippen molar-refractivity contribution in [2.75, 3.05) is 6.54 Å². The molecular formula is C27H28BrNO4. The molecule has 0 saturated carbocycles. The smallest absolute Gasteiger partial charge is 0.323 e. The van der Waals surface area contributed by atoms with E-state index in [4.69, 9.17) is 4.74 Å². The molecule has 0 unspecified atom stereocenters. The number of carboxylic acid groups (broad SMARTS) is 1. The maximum absolute atomic E-state index is 13.5. The van der Waals surface area contributed by atoms with E-state index in [1.54, 1.807) is 6.07 Å². The number of hydrogen-bond donors (Lipinski definition) is 1.